The van der Waals surface area contributed by atoms with E-state index in [2.05, 4.69) is 10.6 Å². The smallest absolute Gasteiger partial charge is 0.322 e. The summed E-state index contributed by atoms with van der Waals surface area (Å²) < 4.78 is 5.87. The summed E-state index contributed by atoms with van der Waals surface area (Å²) in [5, 5.41) is 52.1. The second-order valence-corrected chi connectivity index (χ2v) is 10.5. The maximum atomic E-state index is 12.7. The number of aliphatic hydroxyl groups excluding tert-OH is 2. The minimum atomic E-state index is -1.31. The lowest BCUT2D eigenvalue weighted by Crippen LogP contribution is -2.51. The highest BCUT2D eigenvalue weighted by atomic mass is 16.5. The molecule has 0 saturated carbocycles. The summed E-state index contributed by atoms with van der Waals surface area (Å²) in [6.07, 6.45) is 17.6. The van der Waals surface area contributed by atoms with Crippen LogP contribution in [0.1, 0.15) is 71.6 Å². The number of carbonyl (C=O) groups excluding carboxylic acids is 2. The van der Waals surface area contributed by atoms with Gasteiger partial charge in [-0.25, -0.2) is 0 Å². The number of amides is 2. The van der Waals surface area contributed by atoms with Crippen LogP contribution in [0.3, 0.4) is 0 Å². The van der Waals surface area contributed by atoms with Crippen LogP contribution in [0.4, 0.5) is 0 Å². The molecular weight excluding hydrogens is 600 g/mol. The molecule has 0 aliphatic carbocycles. The molecule has 258 valence electrons. The second kappa shape index (κ2) is 26.2. The largest absolute Gasteiger partial charge is 0.481 e. The van der Waals surface area contributed by atoms with Crippen molar-refractivity contribution in [2.24, 2.45) is 5.92 Å². The predicted molar refractivity (Wildman–Crippen MR) is 172 cm³/mol. The van der Waals surface area contributed by atoms with Gasteiger partial charge < -0.3 is 40.9 Å². The summed E-state index contributed by atoms with van der Waals surface area (Å²) in [4.78, 5) is 57.9. The van der Waals surface area contributed by atoms with Gasteiger partial charge in [0.15, 0.2) is 0 Å². The minimum absolute atomic E-state index is 0.0223. The van der Waals surface area contributed by atoms with E-state index in [1.54, 1.807) is 42.5 Å². The number of nitrogens with one attached hydrogen (secondary N) is 2. The van der Waals surface area contributed by atoms with Crippen LogP contribution in [0.25, 0.3) is 0 Å². The molecule has 0 aromatic carbocycles. The van der Waals surface area contributed by atoms with Gasteiger partial charge in [0.1, 0.15) is 12.6 Å². The Bertz CT molecular complexity index is 1080. The van der Waals surface area contributed by atoms with E-state index in [1.165, 1.54) is 6.92 Å². The average Bonchev–Trinajstić information content (AvgIpc) is 3.00. The molecule has 0 saturated heterocycles. The third kappa shape index (κ3) is 23.3. The van der Waals surface area contributed by atoms with Gasteiger partial charge in [0.25, 0.3) is 0 Å². The third-order valence-corrected chi connectivity index (χ3v) is 6.47. The molecule has 13 nitrogen and oxygen atoms in total. The molecule has 0 aliphatic heterocycles. The number of rotatable bonds is 26. The Morgan fingerprint density at radius 3 is 2.13 bits per heavy atom. The van der Waals surface area contributed by atoms with E-state index in [9.17, 15) is 34.2 Å². The summed E-state index contributed by atoms with van der Waals surface area (Å²) in [6, 6.07) is -1.31. The normalized spacial score (nSPS) is 15.4. The van der Waals surface area contributed by atoms with Crippen molar-refractivity contribution in [3.05, 3.63) is 60.8 Å². The molecule has 0 bridgehead atoms. The fourth-order valence-electron chi connectivity index (χ4n) is 3.76. The number of hydrogen-bond acceptors (Lipinski definition) is 8. The SMILES string of the molecule is CC/C=C\CC(O)/C=C/C=C\C=C\CCC(OCC(NC(=O)CCC(C)C(=O)O)C(=O)NCC(=O)O)[C@H](O)C/C=C\CCC(=O)O. The first-order valence-corrected chi connectivity index (χ1v) is 15.4. The number of allylic oxidation sites excluding steroid dienone is 7. The Hall–Kier alpha value is -4.07. The molecule has 7 N–H and O–H groups in total. The lowest BCUT2D eigenvalue weighted by atomic mass is 10.0. The maximum absolute atomic E-state index is 12.7. The van der Waals surface area contributed by atoms with E-state index in [0.29, 0.717) is 19.3 Å². The van der Waals surface area contributed by atoms with Crippen LogP contribution in [-0.2, 0) is 28.7 Å². The zero-order valence-corrected chi connectivity index (χ0v) is 26.6. The second-order valence-electron chi connectivity index (χ2n) is 10.5. The number of hydrogen-bond donors (Lipinski definition) is 7. The Balaban J connectivity index is 5.45. The predicted octanol–water partition coefficient (Wildman–Crippen LogP) is 2.90. The Labute approximate surface area is 270 Å². The van der Waals surface area contributed by atoms with Crippen molar-refractivity contribution < 1.29 is 54.2 Å². The minimum Gasteiger partial charge on any atom is -0.481 e. The number of carboxylic acid groups (broad SMARTS) is 3. The van der Waals surface area contributed by atoms with Crippen LogP contribution in [0, 0.1) is 5.92 Å². The molecule has 4 unspecified atom stereocenters. The average molecular weight is 651 g/mol. The van der Waals surface area contributed by atoms with Gasteiger partial charge in [0, 0.05) is 12.8 Å². The molecule has 0 spiro atoms. The highest BCUT2D eigenvalue weighted by molar-refractivity contribution is 5.89. The van der Waals surface area contributed by atoms with Gasteiger partial charge >= 0.3 is 17.9 Å². The molecular formula is C33H50N2O11. The molecule has 0 aliphatic rings. The maximum Gasteiger partial charge on any atom is 0.322 e. The summed E-state index contributed by atoms with van der Waals surface area (Å²) >= 11 is 0. The van der Waals surface area contributed by atoms with E-state index >= 15 is 0 Å². The van der Waals surface area contributed by atoms with Crippen LogP contribution in [0.5, 0.6) is 0 Å². The first kappa shape index (κ1) is 41.9. The molecule has 0 radical (unpaired) electrons. The third-order valence-electron chi connectivity index (χ3n) is 6.47. The number of carboxylic acids is 3. The van der Waals surface area contributed by atoms with E-state index < -0.39 is 73.1 Å². The highest BCUT2D eigenvalue weighted by Crippen LogP contribution is 2.14. The van der Waals surface area contributed by atoms with Crippen LogP contribution in [-0.4, -0.2) is 92.8 Å². The first-order chi connectivity index (χ1) is 21.9. The van der Waals surface area contributed by atoms with E-state index in [1.807, 2.05) is 25.2 Å². The zero-order chi connectivity index (χ0) is 34.7. The van der Waals surface area contributed by atoms with Gasteiger partial charge in [-0.3, -0.25) is 24.0 Å². The molecule has 0 aromatic rings. The molecule has 0 heterocycles. The number of ether oxygens (including phenoxy) is 1. The first-order valence-electron chi connectivity index (χ1n) is 15.4. The molecule has 0 aromatic heterocycles. The van der Waals surface area contributed by atoms with Crippen molar-refractivity contribution in [3.8, 4) is 0 Å². The lowest BCUT2D eigenvalue weighted by Gasteiger charge is -2.25. The van der Waals surface area contributed by atoms with Gasteiger partial charge in [-0.1, -0.05) is 74.6 Å². The van der Waals surface area contributed by atoms with Crippen molar-refractivity contribution in [1.29, 1.82) is 0 Å². The van der Waals surface area contributed by atoms with E-state index in [4.69, 9.17) is 20.1 Å². The Morgan fingerprint density at radius 2 is 1.48 bits per heavy atom. The summed E-state index contributed by atoms with van der Waals surface area (Å²) in [7, 11) is 0. The summed E-state index contributed by atoms with van der Waals surface area (Å²) in [5.74, 6) is -5.56. The Kier molecular flexibility index (Phi) is 23.9. The quantitative estimate of drug-likeness (QED) is 0.0533. The van der Waals surface area contributed by atoms with Crippen LogP contribution in [0.2, 0.25) is 0 Å². The molecule has 2 amide bonds. The summed E-state index contributed by atoms with van der Waals surface area (Å²) in [5.41, 5.74) is 0. The zero-order valence-electron chi connectivity index (χ0n) is 26.6. The number of carbonyl (C=O) groups is 5. The molecule has 5 atom stereocenters. The topological polar surface area (TPSA) is 220 Å². The Morgan fingerprint density at radius 1 is 0.783 bits per heavy atom. The van der Waals surface area contributed by atoms with Gasteiger partial charge in [-0.05, 0) is 44.9 Å². The van der Waals surface area contributed by atoms with Crippen molar-refractivity contribution in [2.75, 3.05) is 13.2 Å². The summed E-state index contributed by atoms with van der Waals surface area (Å²) in [6.45, 7) is 2.36. The standard InChI is InChI=1S/C33H50N2O11/c1-3-4-10-15-25(36)16-11-7-5-6-8-13-18-28(27(37)17-12-9-14-19-30(39)40)46-23-26(32(43)34-22-31(41)42)35-29(38)21-20-24(2)33(44)45/h4-12,16,24-28,36-37H,3,13-15,17-23H2,1-2H3,(H,34,43)(H,35,38)(H,39,40)(H,41,42)(H,44,45)/b7-5-,8-6+,10-4-,12-9-,16-11+/t24?,25?,26?,27-,28?/m1/s1. The molecule has 0 rings (SSSR count). The fraction of sp³-hybridized carbons (Fsp3) is 0.545. The molecule has 13 heteroatoms. The monoisotopic (exact) mass is 650 g/mol. The van der Waals surface area contributed by atoms with Crippen molar-refractivity contribution >= 4 is 29.7 Å². The molecule has 0 fully saturated rings. The van der Waals surface area contributed by atoms with E-state index in [-0.39, 0.29) is 32.1 Å². The van der Waals surface area contributed by atoms with Gasteiger partial charge in [0.2, 0.25) is 11.8 Å². The highest BCUT2D eigenvalue weighted by Gasteiger charge is 2.26. The van der Waals surface area contributed by atoms with Crippen LogP contribution < -0.4 is 10.6 Å². The number of aliphatic hydroxyl groups is 2. The molecule has 46 heavy (non-hydrogen) atoms. The van der Waals surface area contributed by atoms with Crippen LogP contribution >= 0.6 is 0 Å². The lowest BCUT2D eigenvalue weighted by molar-refractivity contribution is -0.141. The number of aliphatic carboxylic acids is 3. The van der Waals surface area contributed by atoms with Gasteiger partial charge in [-0.2, -0.15) is 0 Å². The van der Waals surface area contributed by atoms with Crippen molar-refractivity contribution in [1.82, 2.24) is 10.6 Å². The van der Waals surface area contributed by atoms with Crippen molar-refractivity contribution in [2.45, 2.75) is 96.0 Å². The van der Waals surface area contributed by atoms with Crippen molar-refractivity contribution in [3.63, 3.8) is 0 Å². The van der Waals surface area contributed by atoms with Crippen LogP contribution in [0.15, 0.2) is 60.8 Å². The fourth-order valence-corrected chi connectivity index (χ4v) is 3.76. The van der Waals surface area contributed by atoms with Gasteiger partial charge in [0.05, 0.1) is 30.8 Å². The van der Waals surface area contributed by atoms with E-state index in [0.717, 1.165) is 6.42 Å². The van der Waals surface area contributed by atoms with Gasteiger partial charge in [-0.15, -0.1) is 0 Å².